The first-order chi connectivity index (χ1) is 11.6. The number of aromatic nitrogens is 3. The second-order valence-corrected chi connectivity index (χ2v) is 5.80. The van der Waals surface area contributed by atoms with Crippen LogP contribution in [0.25, 0.3) is 0 Å². The Morgan fingerprint density at radius 2 is 1.75 bits per heavy atom. The molecule has 0 bridgehead atoms. The first-order valence-electron chi connectivity index (χ1n) is 7.93. The fourth-order valence-corrected chi connectivity index (χ4v) is 2.42. The van der Waals surface area contributed by atoms with Crippen molar-refractivity contribution in [1.82, 2.24) is 15.0 Å². The third kappa shape index (κ3) is 3.87. The first-order valence-corrected chi connectivity index (χ1v) is 7.93. The van der Waals surface area contributed by atoms with Gasteiger partial charge in [-0.1, -0.05) is 12.1 Å². The van der Waals surface area contributed by atoms with Crippen molar-refractivity contribution >= 4 is 17.5 Å². The predicted octanol–water partition coefficient (Wildman–Crippen LogP) is 4.15. The lowest BCUT2D eigenvalue weighted by atomic mass is 10.1. The maximum atomic E-state index is 4.57. The van der Waals surface area contributed by atoms with E-state index in [-0.39, 0.29) is 0 Å². The van der Waals surface area contributed by atoms with Gasteiger partial charge >= 0.3 is 0 Å². The highest BCUT2D eigenvalue weighted by atomic mass is 15.1. The lowest BCUT2D eigenvalue weighted by molar-refractivity contribution is 1.03. The van der Waals surface area contributed by atoms with E-state index in [0.717, 1.165) is 22.8 Å². The summed E-state index contributed by atoms with van der Waals surface area (Å²) in [6, 6.07) is 12.1. The van der Waals surface area contributed by atoms with E-state index in [1.54, 1.807) is 12.4 Å². The van der Waals surface area contributed by atoms with Crippen LogP contribution in [-0.2, 0) is 6.54 Å². The van der Waals surface area contributed by atoms with Crippen molar-refractivity contribution in [2.45, 2.75) is 27.3 Å². The zero-order chi connectivity index (χ0) is 16.9. The van der Waals surface area contributed by atoms with Crippen molar-refractivity contribution in [3.63, 3.8) is 0 Å². The van der Waals surface area contributed by atoms with Gasteiger partial charge in [0.25, 0.3) is 0 Å². The minimum Gasteiger partial charge on any atom is -0.350 e. The van der Waals surface area contributed by atoms with Gasteiger partial charge in [0, 0.05) is 36.4 Å². The fraction of sp³-hybridized carbons (Fsp3) is 0.211. The number of hydrogen-bond donors (Lipinski definition) is 2. The molecular weight excluding hydrogens is 298 g/mol. The molecule has 0 radical (unpaired) electrons. The van der Waals surface area contributed by atoms with Gasteiger partial charge in [-0.15, -0.1) is 0 Å². The van der Waals surface area contributed by atoms with Crippen LogP contribution in [0.1, 0.15) is 22.4 Å². The minimum absolute atomic E-state index is 0.611. The molecule has 2 N–H and O–H groups in total. The maximum Gasteiger partial charge on any atom is 0.225 e. The van der Waals surface area contributed by atoms with Crippen LogP contribution in [-0.4, -0.2) is 15.0 Å². The van der Waals surface area contributed by atoms with Crippen LogP contribution in [0, 0.1) is 20.8 Å². The number of anilines is 3. The van der Waals surface area contributed by atoms with Gasteiger partial charge in [0.2, 0.25) is 5.95 Å². The molecule has 24 heavy (non-hydrogen) atoms. The zero-order valence-corrected chi connectivity index (χ0v) is 14.2. The number of hydrogen-bond acceptors (Lipinski definition) is 5. The topological polar surface area (TPSA) is 62.7 Å². The molecule has 5 nitrogen and oxygen atoms in total. The minimum atomic E-state index is 0.611. The van der Waals surface area contributed by atoms with Crippen LogP contribution in [0.15, 0.2) is 48.8 Å². The summed E-state index contributed by atoms with van der Waals surface area (Å²) in [5, 5.41) is 6.66. The van der Waals surface area contributed by atoms with Gasteiger partial charge in [-0.3, -0.25) is 4.98 Å². The molecule has 0 fully saturated rings. The molecular formula is C19H21N5. The maximum absolute atomic E-state index is 4.57. The number of aryl methyl sites for hydroxylation is 2. The van der Waals surface area contributed by atoms with E-state index in [0.29, 0.717) is 12.5 Å². The van der Waals surface area contributed by atoms with E-state index >= 15 is 0 Å². The summed E-state index contributed by atoms with van der Waals surface area (Å²) in [4.78, 5) is 13.0. The van der Waals surface area contributed by atoms with Gasteiger partial charge in [0.1, 0.15) is 5.82 Å². The molecule has 122 valence electrons. The molecule has 2 aromatic heterocycles. The van der Waals surface area contributed by atoms with Crippen molar-refractivity contribution < 1.29 is 0 Å². The number of nitrogens with zero attached hydrogens (tertiary/aromatic N) is 3. The monoisotopic (exact) mass is 319 g/mol. The lowest BCUT2D eigenvalue weighted by Crippen LogP contribution is -2.06. The summed E-state index contributed by atoms with van der Waals surface area (Å²) in [6.45, 7) is 6.84. The summed E-state index contributed by atoms with van der Waals surface area (Å²) in [7, 11) is 0. The highest BCUT2D eigenvalue weighted by Crippen LogP contribution is 2.22. The van der Waals surface area contributed by atoms with Crippen molar-refractivity contribution in [2.75, 3.05) is 10.6 Å². The number of pyridine rings is 1. The Kier molecular flexibility index (Phi) is 4.70. The van der Waals surface area contributed by atoms with E-state index in [4.69, 9.17) is 0 Å². The molecule has 0 amide bonds. The molecule has 0 unspecified atom stereocenters. The number of nitrogens with one attached hydrogen (secondary N) is 2. The van der Waals surface area contributed by atoms with E-state index in [1.165, 1.54) is 11.1 Å². The quantitative estimate of drug-likeness (QED) is 0.739. The Bertz CT molecular complexity index is 830. The van der Waals surface area contributed by atoms with Crippen LogP contribution in [0.4, 0.5) is 17.5 Å². The Morgan fingerprint density at radius 3 is 2.54 bits per heavy atom. The molecule has 0 aliphatic rings. The molecule has 0 aliphatic carbocycles. The van der Waals surface area contributed by atoms with Crippen LogP contribution >= 0.6 is 0 Å². The second-order valence-electron chi connectivity index (χ2n) is 5.80. The van der Waals surface area contributed by atoms with Gasteiger partial charge in [0.15, 0.2) is 0 Å². The molecule has 0 saturated carbocycles. The molecule has 3 rings (SSSR count). The largest absolute Gasteiger partial charge is 0.350 e. The fourth-order valence-electron chi connectivity index (χ4n) is 2.42. The van der Waals surface area contributed by atoms with Crippen molar-refractivity contribution in [2.24, 2.45) is 0 Å². The molecule has 1 aromatic carbocycles. The van der Waals surface area contributed by atoms with Crippen molar-refractivity contribution in [3.8, 4) is 0 Å². The van der Waals surface area contributed by atoms with Crippen LogP contribution < -0.4 is 10.6 Å². The standard InChI is InChI=1S/C19H21N5/c1-13-5-4-6-17(15(13)3)23-18-11-14(2)22-19(24-18)21-12-16-7-9-20-10-8-16/h4-11H,12H2,1-3H3,(H2,21,22,23,24). The van der Waals surface area contributed by atoms with Gasteiger partial charge < -0.3 is 10.6 Å². The molecule has 0 spiro atoms. The van der Waals surface area contributed by atoms with Gasteiger partial charge in [0.05, 0.1) is 0 Å². The average Bonchev–Trinajstić information content (AvgIpc) is 2.58. The molecule has 0 saturated heterocycles. The smallest absolute Gasteiger partial charge is 0.225 e. The van der Waals surface area contributed by atoms with Crippen LogP contribution in [0.5, 0.6) is 0 Å². The molecule has 0 atom stereocenters. The van der Waals surface area contributed by atoms with E-state index in [1.807, 2.05) is 31.2 Å². The third-order valence-corrected chi connectivity index (χ3v) is 3.92. The summed E-state index contributed by atoms with van der Waals surface area (Å²) >= 11 is 0. The average molecular weight is 319 g/mol. The summed E-state index contributed by atoms with van der Waals surface area (Å²) in [5.74, 6) is 1.40. The molecule has 5 heteroatoms. The zero-order valence-electron chi connectivity index (χ0n) is 14.2. The van der Waals surface area contributed by atoms with Crippen LogP contribution in [0.2, 0.25) is 0 Å². The van der Waals surface area contributed by atoms with Crippen molar-refractivity contribution in [3.05, 3.63) is 71.2 Å². The molecule has 3 aromatic rings. The summed E-state index contributed by atoms with van der Waals surface area (Å²) in [5.41, 5.74) is 5.59. The number of rotatable bonds is 5. The third-order valence-electron chi connectivity index (χ3n) is 3.92. The van der Waals surface area contributed by atoms with Gasteiger partial charge in [-0.25, -0.2) is 4.98 Å². The Balaban J connectivity index is 1.77. The van der Waals surface area contributed by atoms with Crippen LogP contribution in [0.3, 0.4) is 0 Å². The Labute approximate surface area is 142 Å². The number of benzene rings is 1. The lowest BCUT2D eigenvalue weighted by Gasteiger charge is -2.13. The van der Waals surface area contributed by atoms with Crippen molar-refractivity contribution in [1.29, 1.82) is 0 Å². The molecule has 2 heterocycles. The Hall–Kier alpha value is -2.95. The van der Waals surface area contributed by atoms with E-state index in [9.17, 15) is 0 Å². The van der Waals surface area contributed by atoms with Gasteiger partial charge in [-0.05, 0) is 55.7 Å². The van der Waals surface area contributed by atoms with E-state index < -0.39 is 0 Å². The van der Waals surface area contributed by atoms with Gasteiger partial charge in [-0.2, -0.15) is 4.98 Å². The first kappa shape index (κ1) is 15.9. The Morgan fingerprint density at radius 1 is 0.958 bits per heavy atom. The highest BCUT2D eigenvalue weighted by Gasteiger charge is 2.05. The predicted molar refractivity (Wildman–Crippen MR) is 97.5 cm³/mol. The normalized spacial score (nSPS) is 10.5. The highest BCUT2D eigenvalue weighted by molar-refractivity contribution is 5.62. The second kappa shape index (κ2) is 7.08. The summed E-state index contributed by atoms with van der Waals surface area (Å²) in [6.07, 6.45) is 3.56. The van der Waals surface area contributed by atoms with E-state index in [2.05, 4.69) is 51.6 Å². The SMILES string of the molecule is Cc1cc(Nc2cccc(C)c2C)nc(NCc2ccncc2)n1. The molecule has 0 aliphatic heterocycles. The summed E-state index contributed by atoms with van der Waals surface area (Å²) < 4.78 is 0.